The molecule has 0 aliphatic heterocycles. The number of hydrogen-bond acceptors (Lipinski definition) is 2. The highest BCUT2D eigenvalue weighted by Crippen LogP contribution is 2.23. The molecule has 4 heteroatoms. The monoisotopic (exact) mass is 291 g/mol. The second-order valence-corrected chi connectivity index (χ2v) is 5.92. The van der Waals surface area contributed by atoms with Crippen LogP contribution in [0.2, 0.25) is 0 Å². The Kier molecular flexibility index (Phi) is 7.06. The Morgan fingerprint density at radius 1 is 1.33 bits per heavy atom. The van der Waals surface area contributed by atoms with Crippen molar-refractivity contribution < 1.29 is 4.74 Å². The van der Waals surface area contributed by atoms with Crippen LogP contribution in [-0.4, -0.2) is 18.6 Å². The number of rotatable bonds is 7. The van der Waals surface area contributed by atoms with Gasteiger partial charge in [0.1, 0.15) is 5.75 Å². The maximum absolute atomic E-state index is 5.98. The Balaban J connectivity index is 2.75. The van der Waals surface area contributed by atoms with Gasteiger partial charge in [-0.05, 0) is 37.8 Å². The summed E-state index contributed by atoms with van der Waals surface area (Å²) in [6, 6.07) is 6.20. The van der Waals surface area contributed by atoms with Gasteiger partial charge in [-0.25, -0.2) is 4.99 Å². The van der Waals surface area contributed by atoms with Gasteiger partial charge in [-0.1, -0.05) is 32.9 Å². The molecule has 0 aliphatic carbocycles. The molecule has 1 aromatic rings. The first-order valence-corrected chi connectivity index (χ1v) is 7.72. The van der Waals surface area contributed by atoms with Crippen molar-refractivity contribution in [3.8, 4) is 5.75 Å². The first kappa shape index (κ1) is 17.3. The molecule has 0 fully saturated rings. The highest BCUT2D eigenvalue weighted by atomic mass is 16.5. The van der Waals surface area contributed by atoms with E-state index >= 15 is 0 Å². The van der Waals surface area contributed by atoms with Crippen LogP contribution in [-0.2, 0) is 6.54 Å². The minimum atomic E-state index is 0.200. The molecule has 1 aromatic carbocycles. The fourth-order valence-electron chi connectivity index (χ4n) is 1.74. The molecular weight excluding hydrogens is 262 g/mol. The van der Waals surface area contributed by atoms with Crippen LogP contribution in [0.1, 0.15) is 45.2 Å². The molecule has 21 heavy (non-hydrogen) atoms. The number of benzene rings is 1. The summed E-state index contributed by atoms with van der Waals surface area (Å²) in [4.78, 5) is 4.39. The van der Waals surface area contributed by atoms with E-state index in [1.165, 1.54) is 5.56 Å². The van der Waals surface area contributed by atoms with E-state index in [1.54, 1.807) is 0 Å². The highest BCUT2D eigenvalue weighted by molar-refractivity contribution is 5.77. The first-order valence-electron chi connectivity index (χ1n) is 7.72. The number of ether oxygens (including phenoxy) is 1. The fourth-order valence-corrected chi connectivity index (χ4v) is 1.74. The summed E-state index contributed by atoms with van der Waals surface area (Å²) in [5, 5.41) is 3.12. The number of nitrogens with two attached hydrogens (primary N) is 1. The highest BCUT2D eigenvalue weighted by Gasteiger charge is 2.07. The van der Waals surface area contributed by atoms with Crippen molar-refractivity contribution in [1.82, 2.24) is 5.32 Å². The number of hydrogen-bond donors (Lipinski definition) is 2. The van der Waals surface area contributed by atoms with Gasteiger partial charge in [-0.2, -0.15) is 0 Å². The minimum absolute atomic E-state index is 0.200. The van der Waals surface area contributed by atoms with E-state index in [1.807, 2.05) is 0 Å². The van der Waals surface area contributed by atoms with E-state index < -0.39 is 0 Å². The number of aryl methyl sites for hydroxylation is 1. The molecule has 1 atom stereocenters. The molecule has 0 spiro atoms. The van der Waals surface area contributed by atoms with Gasteiger partial charge in [0.2, 0.25) is 0 Å². The van der Waals surface area contributed by atoms with Crippen molar-refractivity contribution in [3.05, 3.63) is 29.3 Å². The van der Waals surface area contributed by atoms with E-state index in [0.29, 0.717) is 18.4 Å². The van der Waals surface area contributed by atoms with Crippen LogP contribution in [0.5, 0.6) is 5.75 Å². The van der Waals surface area contributed by atoms with Crippen molar-refractivity contribution in [2.45, 2.75) is 53.7 Å². The second-order valence-electron chi connectivity index (χ2n) is 5.92. The topological polar surface area (TPSA) is 59.6 Å². The SMILES string of the molecule is CCC(C)Oc1cc(C)ccc1CN=C(N)NCC(C)C. The smallest absolute Gasteiger partial charge is 0.188 e. The lowest BCUT2D eigenvalue weighted by Crippen LogP contribution is -2.34. The van der Waals surface area contributed by atoms with E-state index in [2.05, 4.69) is 63.1 Å². The lowest BCUT2D eigenvalue weighted by atomic mass is 10.1. The van der Waals surface area contributed by atoms with Crippen molar-refractivity contribution >= 4 is 5.96 Å². The van der Waals surface area contributed by atoms with E-state index in [4.69, 9.17) is 10.5 Å². The van der Waals surface area contributed by atoms with E-state index in [0.717, 1.165) is 24.3 Å². The summed E-state index contributed by atoms with van der Waals surface area (Å²) < 4.78 is 5.98. The Bertz CT molecular complexity index is 469. The summed E-state index contributed by atoms with van der Waals surface area (Å²) in [6.07, 6.45) is 1.18. The zero-order valence-electron chi connectivity index (χ0n) is 13.9. The normalized spacial score (nSPS) is 13.3. The molecule has 4 nitrogen and oxygen atoms in total. The molecule has 118 valence electrons. The Morgan fingerprint density at radius 2 is 2.05 bits per heavy atom. The van der Waals surface area contributed by atoms with Crippen molar-refractivity contribution in [3.63, 3.8) is 0 Å². The van der Waals surface area contributed by atoms with Crippen LogP contribution < -0.4 is 15.8 Å². The molecule has 3 N–H and O–H groups in total. The Morgan fingerprint density at radius 3 is 2.67 bits per heavy atom. The average molecular weight is 291 g/mol. The number of guanidine groups is 1. The summed E-state index contributed by atoms with van der Waals surface area (Å²) in [5.41, 5.74) is 8.13. The maximum atomic E-state index is 5.98. The molecule has 0 bridgehead atoms. The van der Waals surface area contributed by atoms with Crippen LogP contribution >= 0.6 is 0 Å². The van der Waals surface area contributed by atoms with Gasteiger partial charge in [0, 0.05) is 12.1 Å². The third-order valence-electron chi connectivity index (χ3n) is 3.24. The zero-order chi connectivity index (χ0) is 15.8. The molecule has 0 radical (unpaired) electrons. The summed E-state index contributed by atoms with van der Waals surface area (Å²) in [7, 11) is 0. The van der Waals surface area contributed by atoms with Crippen LogP contribution in [0.25, 0.3) is 0 Å². The summed E-state index contributed by atoms with van der Waals surface area (Å²) in [5.74, 6) is 1.94. The van der Waals surface area contributed by atoms with Crippen LogP contribution in [0.15, 0.2) is 23.2 Å². The molecule has 0 saturated carbocycles. The molecule has 0 amide bonds. The molecule has 1 rings (SSSR count). The quantitative estimate of drug-likeness (QED) is 0.599. The van der Waals surface area contributed by atoms with Gasteiger partial charge in [0.25, 0.3) is 0 Å². The number of aliphatic imine (C=N–C) groups is 1. The summed E-state index contributed by atoms with van der Waals surface area (Å²) in [6.45, 7) is 11.9. The first-order chi connectivity index (χ1) is 9.92. The van der Waals surface area contributed by atoms with Gasteiger partial charge >= 0.3 is 0 Å². The standard InChI is InChI=1S/C17H29N3O/c1-6-14(5)21-16-9-13(4)7-8-15(16)11-20-17(18)19-10-12(2)3/h7-9,12,14H,6,10-11H2,1-5H3,(H3,18,19,20). The van der Waals surface area contributed by atoms with Gasteiger partial charge in [-0.15, -0.1) is 0 Å². The minimum Gasteiger partial charge on any atom is -0.490 e. The predicted molar refractivity (Wildman–Crippen MR) is 89.7 cm³/mol. The summed E-state index contributed by atoms with van der Waals surface area (Å²) >= 11 is 0. The molecule has 0 heterocycles. The Labute approximate surface area is 128 Å². The lowest BCUT2D eigenvalue weighted by molar-refractivity contribution is 0.215. The Hall–Kier alpha value is -1.71. The number of nitrogens with zero attached hydrogens (tertiary/aromatic N) is 1. The molecular formula is C17H29N3O. The van der Waals surface area contributed by atoms with Crippen molar-refractivity contribution in [1.29, 1.82) is 0 Å². The van der Waals surface area contributed by atoms with E-state index in [9.17, 15) is 0 Å². The van der Waals surface area contributed by atoms with Gasteiger partial charge in [0.15, 0.2) is 5.96 Å². The van der Waals surface area contributed by atoms with Crippen LogP contribution in [0.4, 0.5) is 0 Å². The largest absolute Gasteiger partial charge is 0.490 e. The van der Waals surface area contributed by atoms with E-state index in [-0.39, 0.29) is 6.10 Å². The average Bonchev–Trinajstić information content (AvgIpc) is 2.44. The molecule has 0 aromatic heterocycles. The van der Waals surface area contributed by atoms with Gasteiger partial charge in [-0.3, -0.25) is 0 Å². The molecule has 0 aliphatic rings. The van der Waals surface area contributed by atoms with Crippen molar-refractivity contribution in [2.24, 2.45) is 16.6 Å². The number of nitrogens with one attached hydrogen (secondary N) is 1. The van der Waals surface area contributed by atoms with Crippen LogP contribution in [0.3, 0.4) is 0 Å². The molecule has 1 unspecified atom stereocenters. The van der Waals surface area contributed by atoms with Gasteiger partial charge in [0.05, 0.1) is 12.6 Å². The zero-order valence-corrected chi connectivity index (χ0v) is 13.9. The third-order valence-corrected chi connectivity index (χ3v) is 3.24. The van der Waals surface area contributed by atoms with Crippen LogP contribution in [0, 0.1) is 12.8 Å². The second kappa shape index (κ2) is 8.55. The van der Waals surface area contributed by atoms with Gasteiger partial charge < -0.3 is 15.8 Å². The third kappa shape index (κ3) is 6.52. The lowest BCUT2D eigenvalue weighted by Gasteiger charge is -2.16. The fraction of sp³-hybridized carbons (Fsp3) is 0.588. The maximum Gasteiger partial charge on any atom is 0.188 e. The van der Waals surface area contributed by atoms with Crippen molar-refractivity contribution in [2.75, 3.05) is 6.54 Å². The molecule has 0 saturated heterocycles. The predicted octanol–water partition coefficient (Wildman–Crippen LogP) is 3.23.